The van der Waals surface area contributed by atoms with E-state index in [1.54, 1.807) is 7.05 Å². The van der Waals surface area contributed by atoms with Crippen LogP contribution in [0.4, 0.5) is 4.79 Å². The van der Waals surface area contributed by atoms with Crippen molar-refractivity contribution < 1.29 is 14.4 Å². The molecule has 0 aromatic rings. The van der Waals surface area contributed by atoms with Gasteiger partial charge in [0.05, 0.1) is 6.42 Å². The van der Waals surface area contributed by atoms with Crippen LogP contribution < -0.4 is 5.32 Å². The minimum absolute atomic E-state index is 0.117. The molecule has 1 aliphatic rings. The topological polar surface area (TPSA) is 69.7 Å². The van der Waals surface area contributed by atoms with Gasteiger partial charge in [-0.15, -0.1) is 0 Å². The first-order valence-corrected chi connectivity index (χ1v) is 5.80. The Hall–Kier alpha value is -1.59. The van der Waals surface area contributed by atoms with Crippen molar-refractivity contribution >= 4 is 17.8 Å². The van der Waals surface area contributed by atoms with E-state index in [0.717, 1.165) is 17.7 Å². The molecule has 0 radical (unpaired) electrons. The highest BCUT2D eigenvalue weighted by molar-refractivity contribution is 5.97. The minimum Gasteiger partial charge on any atom is -0.335 e. The average Bonchev–Trinajstić information content (AvgIpc) is 2.30. The summed E-state index contributed by atoms with van der Waals surface area (Å²) in [5, 5.41) is 2.70. The third-order valence-corrected chi connectivity index (χ3v) is 2.88. The van der Waals surface area contributed by atoms with Gasteiger partial charge in [0.15, 0.2) is 0 Å². The highest BCUT2D eigenvalue weighted by Crippen LogP contribution is 2.12. The van der Waals surface area contributed by atoms with Gasteiger partial charge in [-0.05, 0) is 6.42 Å². The van der Waals surface area contributed by atoms with Crippen LogP contribution >= 0.6 is 0 Å². The zero-order valence-corrected chi connectivity index (χ0v) is 10.5. The summed E-state index contributed by atoms with van der Waals surface area (Å²) in [5.74, 6) is -0.386. The van der Waals surface area contributed by atoms with Gasteiger partial charge < -0.3 is 10.2 Å². The SMILES string of the molecule is CCCCC(=O)NC1CC(=O)N(C)C(=O)N1C. The largest absolute Gasteiger partial charge is 0.335 e. The maximum atomic E-state index is 11.6. The van der Waals surface area contributed by atoms with Crippen molar-refractivity contribution in [2.75, 3.05) is 14.1 Å². The average molecular weight is 241 g/mol. The Morgan fingerprint density at radius 3 is 2.65 bits per heavy atom. The van der Waals surface area contributed by atoms with Gasteiger partial charge in [-0.25, -0.2) is 4.79 Å². The Bertz CT molecular complexity index is 330. The number of carbonyl (C=O) groups is 3. The molecule has 6 nitrogen and oxygen atoms in total. The van der Waals surface area contributed by atoms with E-state index in [2.05, 4.69) is 5.32 Å². The van der Waals surface area contributed by atoms with Crippen molar-refractivity contribution in [2.24, 2.45) is 0 Å². The van der Waals surface area contributed by atoms with Gasteiger partial charge in [0.1, 0.15) is 6.17 Å². The lowest BCUT2D eigenvalue weighted by atomic mass is 10.2. The first-order chi connectivity index (χ1) is 7.97. The minimum atomic E-state index is -0.518. The lowest BCUT2D eigenvalue weighted by molar-refractivity contribution is -0.132. The number of hydrogen-bond donors (Lipinski definition) is 1. The summed E-state index contributed by atoms with van der Waals surface area (Å²) in [4.78, 5) is 37.1. The number of urea groups is 1. The monoisotopic (exact) mass is 241 g/mol. The Morgan fingerprint density at radius 1 is 1.41 bits per heavy atom. The fourth-order valence-electron chi connectivity index (χ4n) is 1.66. The maximum Gasteiger partial charge on any atom is 0.327 e. The second-order valence-electron chi connectivity index (χ2n) is 4.24. The fraction of sp³-hybridized carbons (Fsp3) is 0.727. The van der Waals surface area contributed by atoms with E-state index in [0.29, 0.717) is 6.42 Å². The van der Waals surface area contributed by atoms with Gasteiger partial charge in [-0.2, -0.15) is 0 Å². The molecule has 1 N–H and O–H groups in total. The van der Waals surface area contributed by atoms with Gasteiger partial charge in [0.25, 0.3) is 0 Å². The van der Waals surface area contributed by atoms with E-state index >= 15 is 0 Å². The maximum absolute atomic E-state index is 11.6. The molecule has 17 heavy (non-hydrogen) atoms. The highest BCUT2D eigenvalue weighted by Gasteiger charge is 2.34. The molecule has 1 fully saturated rings. The summed E-state index contributed by atoms with van der Waals surface area (Å²) in [6.07, 6.45) is 1.80. The van der Waals surface area contributed by atoms with Crippen LogP contribution in [0.15, 0.2) is 0 Å². The van der Waals surface area contributed by atoms with Gasteiger partial charge in [0.2, 0.25) is 11.8 Å². The lowest BCUT2D eigenvalue weighted by Crippen LogP contribution is -2.59. The van der Waals surface area contributed by atoms with Crippen molar-refractivity contribution in [3.05, 3.63) is 0 Å². The normalized spacial score (nSPS) is 20.8. The lowest BCUT2D eigenvalue weighted by Gasteiger charge is -2.36. The molecule has 0 spiro atoms. The number of imide groups is 1. The van der Waals surface area contributed by atoms with Crippen LogP contribution in [-0.4, -0.2) is 47.9 Å². The zero-order chi connectivity index (χ0) is 13.0. The third kappa shape index (κ3) is 3.18. The molecular formula is C11H19N3O3. The molecule has 0 saturated carbocycles. The Morgan fingerprint density at radius 2 is 2.06 bits per heavy atom. The van der Waals surface area contributed by atoms with E-state index < -0.39 is 6.17 Å². The molecule has 0 aromatic carbocycles. The number of hydrogen-bond acceptors (Lipinski definition) is 3. The van der Waals surface area contributed by atoms with E-state index in [1.807, 2.05) is 6.92 Å². The number of rotatable bonds is 4. The van der Waals surface area contributed by atoms with Gasteiger partial charge in [-0.1, -0.05) is 13.3 Å². The molecular weight excluding hydrogens is 222 g/mol. The predicted molar refractivity (Wildman–Crippen MR) is 62.0 cm³/mol. The standard InChI is InChI=1S/C11H19N3O3/c1-4-5-6-9(15)12-8-7-10(16)14(3)11(17)13(8)2/h8H,4-7H2,1-3H3,(H,12,15). The molecule has 1 saturated heterocycles. The number of nitrogens with one attached hydrogen (secondary N) is 1. The third-order valence-electron chi connectivity index (χ3n) is 2.88. The molecule has 4 amide bonds. The van der Waals surface area contributed by atoms with Gasteiger partial charge >= 0.3 is 6.03 Å². The van der Waals surface area contributed by atoms with Crippen LogP contribution in [0.5, 0.6) is 0 Å². The first-order valence-electron chi connectivity index (χ1n) is 5.80. The molecule has 6 heteroatoms. The summed E-state index contributed by atoms with van der Waals surface area (Å²) in [6, 6.07) is -0.387. The summed E-state index contributed by atoms with van der Waals surface area (Å²) < 4.78 is 0. The van der Waals surface area contributed by atoms with Crippen molar-refractivity contribution in [3.63, 3.8) is 0 Å². The smallest absolute Gasteiger partial charge is 0.327 e. The molecule has 1 heterocycles. The van der Waals surface area contributed by atoms with Crippen LogP contribution in [-0.2, 0) is 9.59 Å². The fourth-order valence-corrected chi connectivity index (χ4v) is 1.66. The molecule has 0 aromatic heterocycles. The molecule has 1 atom stereocenters. The van der Waals surface area contributed by atoms with Crippen molar-refractivity contribution in [3.8, 4) is 0 Å². The number of unbranched alkanes of at least 4 members (excludes halogenated alkanes) is 1. The molecule has 0 bridgehead atoms. The molecule has 1 aliphatic heterocycles. The van der Waals surface area contributed by atoms with Crippen LogP contribution in [0, 0.1) is 0 Å². The van der Waals surface area contributed by atoms with Crippen molar-refractivity contribution in [2.45, 2.75) is 38.8 Å². The zero-order valence-electron chi connectivity index (χ0n) is 10.5. The number of amides is 4. The Labute approximate surface area is 101 Å². The van der Waals surface area contributed by atoms with Crippen molar-refractivity contribution in [1.82, 2.24) is 15.1 Å². The summed E-state index contributed by atoms with van der Waals surface area (Å²) in [6.45, 7) is 2.00. The van der Waals surface area contributed by atoms with E-state index in [9.17, 15) is 14.4 Å². The second-order valence-corrected chi connectivity index (χ2v) is 4.24. The van der Waals surface area contributed by atoms with Crippen LogP contribution in [0.25, 0.3) is 0 Å². The number of nitrogens with zero attached hydrogens (tertiary/aromatic N) is 2. The Kier molecular flexibility index (Phi) is 4.48. The summed E-state index contributed by atoms with van der Waals surface area (Å²) >= 11 is 0. The highest BCUT2D eigenvalue weighted by atomic mass is 16.2. The van der Waals surface area contributed by atoms with E-state index in [-0.39, 0.29) is 24.3 Å². The van der Waals surface area contributed by atoms with Gasteiger partial charge in [-0.3, -0.25) is 14.5 Å². The van der Waals surface area contributed by atoms with Gasteiger partial charge in [0, 0.05) is 20.5 Å². The summed E-state index contributed by atoms with van der Waals surface area (Å²) in [7, 11) is 3.02. The quantitative estimate of drug-likeness (QED) is 0.780. The Balaban J connectivity index is 2.56. The van der Waals surface area contributed by atoms with Crippen LogP contribution in [0.1, 0.15) is 32.6 Å². The second kappa shape index (κ2) is 5.65. The van der Waals surface area contributed by atoms with Crippen molar-refractivity contribution in [1.29, 1.82) is 0 Å². The molecule has 96 valence electrons. The first kappa shape index (κ1) is 13.5. The van der Waals surface area contributed by atoms with Crippen LogP contribution in [0.2, 0.25) is 0 Å². The summed E-state index contributed by atoms with van der Waals surface area (Å²) in [5.41, 5.74) is 0. The molecule has 1 rings (SSSR count). The predicted octanol–water partition coefficient (Wildman–Crippen LogP) is 0.533. The molecule has 1 unspecified atom stereocenters. The number of carbonyl (C=O) groups excluding carboxylic acids is 3. The molecule has 0 aliphatic carbocycles. The van der Waals surface area contributed by atoms with E-state index in [4.69, 9.17) is 0 Å². The van der Waals surface area contributed by atoms with Crippen LogP contribution in [0.3, 0.4) is 0 Å². The van der Waals surface area contributed by atoms with E-state index in [1.165, 1.54) is 11.9 Å².